The summed E-state index contributed by atoms with van der Waals surface area (Å²) in [6.07, 6.45) is -0.666. The lowest BCUT2D eigenvalue weighted by molar-refractivity contribution is -0.149. The Morgan fingerprint density at radius 3 is 2.20 bits per heavy atom. The van der Waals surface area contributed by atoms with E-state index in [-0.39, 0.29) is 37.4 Å². The monoisotopic (exact) mass is 479 g/mol. The molecule has 0 radical (unpaired) electrons. The molecule has 186 valence electrons. The fourth-order valence-corrected chi connectivity index (χ4v) is 5.15. The van der Waals surface area contributed by atoms with Crippen LogP contribution in [0.2, 0.25) is 0 Å². The van der Waals surface area contributed by atoms with E-state index in [0.717, 1.165) is 22.3 Å². The fraction of sp³-hybridized carbons (Fsp3) is 0.444. The molecule has 2 N–H and O–H groups in total. The van der Waals surface area contributed by atoms with Gasteiger partial charge in [0.1, 0.15) is 12.6 Å². The minimum Gasteiger partial charge on any atom is -0.481 e. The van der Waals surface area contributed by atoms with Crippen molar-refractivity contribution in [3.8, 4) is 11.1 Å². The molecule has 0 spiro atoms. The van der Waals surface area contributed by atoms with E-state index < -0.39 is 23.5 Å². The lowest BCUT2D eigenvalue weighted by Gasteiger charge is -2.27. The van der Waals surface area contributed by atoms with Gasteiger partial charge in [-0.3, -0.25) is 9.59 Å². The molecule has 2 aliphatic rings. The Bertz CT molecular complexity index is 1090. The van der Waals surface area contributed by atoms with E-state index in [0.29, 0.717) is 6.54 Å². The first kappa shape index (κ1) is 24.7. The number of carboxylic acid groups (broad SMARTS) is 1. The van der Waals surface area contributed by atoms with Gasteiger partial charge < -0.3 is 25.0 Å². The first-order valence-corrected chi connectivity index (χ1v) is 11.9. The van der Waals surface area contributed by atoms with Crippen LogP contribution in [0.5, 0.6) is 0 Å². The van der Waals surface area contributed by atoms with Gasteiger partial charge in [0.25, 0.3) is 0 Å². The Morgan fingerprint density at radius 1 is 1.11 bits per heavy atom. The second-order valence-electron chi connectivity index (χ2n) is 10.1. The van der Waals surface area contributed by atoms with E-state index in [1.54, 1.807) is 6.92 Å². The van der Waals surface area contributed by atoms with Crippen LogP contribution in [-0.4, -0.2) is 79.3 Å². The topological polar surface area (TPSA) is 99.2 Å². The number of fused-ring (bicyclic) bond motifs is 3. The number of benzene rings is 2. The van der Waals surface area contributed by atoms with Crippen LogP contribution in [-0.2, 0) is 14.3 Å². The maximum Gasteiger partial charge on any atom is 0.407 e. The summed E-state index contributed by atoms with van der Waals surface area (Å²) in [4.78, 5) is 41.2. The van der Waals surface area contributed by atoms with Crippen LogP contribution < -0.4 is 5.32 Å². The van der Waals surface area contributed by atoms with Gasteiger partial charge in [-0.25, -0.2) is 4.79 Å². The van der Waals surface area contributed by atoms with Gasteiger partial charge in [-0.2, -0.15) is 0 Å². The molecule has 2 aromatic carbocycles. The van der Waals surface area contributed by atoms with E-state index >= 15 is 0 Å². The number of alkyl carbamates (subject to hydrolysis) is 1. The number of nitrogens with one attached hydrogen (secondary N) is 1. The molecule has 0 aromatic heterocycles. The number of amides is 2. The Balaban J connectivity index is 1.44. The molecule has 2 aromatic rings. The molecule has 3 atom stereocenters. The van der Waals surface area contributed by atoms with Gasteiger partial charge in [0.15, 0.2) is 0 Å². The highest BCUT2D eigenvalue weighted by atomic mass is 16.5. The summed E-state index contributed by atoms with van der Waals surface area (Å²) in [5.41, 5.74) is 3.50. The van der Waals surface area contributed by atoms with Crippen molar-refractivity contribution in [3.63, 3.8) is 0 Å². The van der Waals surface area contributed by atoms with E-state index in [1.165, 1.54) is 4.90 Å². The van der Waals surface area contributed by atoms with Gasteiger partial charge in [-0.15, -0.1) is 0 Å². The largest absolute Gasteiger partial charge is 0.481 e. The number of aliphatic carboxylic acids is 1. The maximum absolute atomic E-state index is 13.3. The van der Waals surface area contributed by atoms with E-state index in [2.05, 4.69) is 17.4 Å². The van der Waals surface area contributed by atoms with Crippen molar-refractivity contribution in [2.45, 2.75) is 25.8 Å². The Morgan fingerprint density at radius 2 is 1.69 bits per heavy atom. The first-order valence-electron chi connectivity index (χ1n) is 11.9. The molecule has 1 aliphatic carbocycles. The Kier molecular flexibility index (Phi) is 6.85. The van der Waals surface area contributed by atoms with Crippen molar-refractivity contribution >= 4 is 18.0 Å². The standard InChI is InChI=1S/C27H33N3O5/c1-17-13-30(16-27(17,2)25(32)33)24(31)23(14-29(3)4)28-26(34)35-15-22-20-11-7-5-9-18(20)19-10-6-8-12-21(19)22/h5-12,17,22-23H,13-16H2,1-4H3,(H,28,34)(H,32,33). The summed E-state index contributed by atoms with van der Waals surface area (Å²) in [6, 6.07) is 15.3. The zero-order valence-corrected chi connectivity index (χ0v) is 20.7. The molecule has 1 fully saturated rings. The third-order valence-electron chi connectivity index (χ3n) is 7.38. The van der Waals surface area contributed by atoms with Gasteiger partial charge in [0.2, 0.25) is 5.91 Å². The molecule has 0 bridgehead atoms. The quantitative estimate of drug-likeness (QED) is 0.633. The average Bonchev–Trinajstić information content (AvgIpc) is 3.31. The predicted octanol–water partition coefficient (Wildman–Crippen LogP) is 3.02. The average molecular weight is 480 g/mol. The molecule has 2 amide bonds. The van der Waals surface area contributed by atoms with Gasteiger partial charge in [0.05, 0.1) is 5.41 Å². The molecule has 1 saturated heterocycles. The summed E-state index contributed by atoms with van der Waals surface area (Å²) in [6.45, 7) is 4.36. The SMILES string of the molecule is CC1CN(C(=O)C(CN(C)C)NC(=O)OCC2c3ccccc3-c3ccccc32)CC1(C)C(=O)O. The number of likely N-dealkylation sites (N-methyl/N-ethyl adjacent to an activating group) is 1. The van der Waals surface area contributed by atoms with Gasteiger partial charge in [-0.05, 0) is 49.2 Å². The second kappa shape index (κ2) is 9.70. The van der Waals surface area contributed by atoms with Gasteiger partial charge >= 0.3 is 12.1 Å². The molecule has 1 aliphatic heterocycles. The molecular formula is C27H33N3O5. The van der Waals surface area contributed by atoms with Crippen LogP contribution in [0, 0.1) is 11.3 Å². The zero-order valence-electron chi connectivity index (χ0n) is 20.7. The predicted molar refractivity (Wildman–Crippen MR) is 132 cm³/mol. The number of carbonyl (C=O) groups excluding carboxylic acids is 2. The highest BCUT2D eigenvalue weighted by molar-refractivity contribution is 5.87. The summed E-state index contributed by atoms with van der Waals surface area (Å²) >= 11 is 0. The molecule has 8 heteroatoms. The second-order valence-corrected chi connectivity index (χ2v) is 10.1. The minimum absolute atomic E-state index is 0.0770. The molecule has 0 saturated carbocycles. The van der Waals surface area contributed by atoms with Crippen LogP contribution in [0.15, 0.2) is 48.5 Å². The molecule has 1 heterocycles. The third-order valence-corrected chi connectivity index (χ3v) is 7.38. The Hall–Kier alpha value is -3.39. The van der Waals surface area contributed by atoms with E-state index in [4.69, 9.17) is 4.74 Å². The maximum atomic E-state index is 13.3. The van der Waals surface area contributed by atoms with Gasteiger partial charge in [0, 0.05) is 25.6 Å². The number of rotatable bonds is 7. The smallest absolute Gasteiger partial charge is 0.407 e. The van der Waals surface area contributed by atoms with Crippen molar-refractivity contribution in [1.82, 2.24) is 15.1 Å². The molecule has 4 rings (SSSR count). The normalized spacial score (nSPS) is 22.0. The molecule has 3 unspecified atom stereocenters. The third kappa shape index (κ3) is 4.75. The number of carbonyl (C=O) groups is 3. The van der Waals surface area contributed by atoms with Crippen LogP contribution in [0.25, 0.3) is 11.1 Å². The summed E-state index contributed by atoms with van der Waals surface area (Å²) in [5.74, 6) is -1.50. The van der Waals surface area contributed by atoms with E-state index in [1.807, 2.05) is 62.3 Å². The van der Waals surface area contributed by atoms with Crippen LogP contribution >= 0.6 is 0 Å². The minimum atomic E-state index is -1.01. The highest BCUT2D eigenvalue weighted by Crippen LogP contribution is 2.44. The number of hydrogen-bond acceptors (Lipinski definition) is 5. The summed E-state index contributed by atoms with van der Waals surface area (Å²) < 4.78 is 5.63. The molecule has 8 nitrogen and oxygen atoms in total. The lowest BCUT2D eigenvalue weighted by atomic mass is 9.81. The number of likely N-dealkylation sites (tertiary alicyclic amines) is 1. The van der Waals surface area contributed by atoms with Crippen molar-refractivity contribution in [2.24, 2.45) is 11.3 Å². The van der Waals surface area contributed by atoms with Crippen LogP contribution in [0.1, 0.15) is 30.9 Å². The zero-order chi connectivity index (χ0) is 25.3. The highest BCUT2D eigenvalue weighted by Gasteiger charge is 2.48. The van der Waals surface area contributed by atoms with Crippen molar-refractivity contribution < 1.29 is 24.2 Å². The number of ether oxygens (including phenoxy) is 1. The van der Waals surface area contributed by atoms with Crippen LogP contribution in [0.3, 0.4) is 0 Å². The first-order chi connectivity index (χ1) is 16.6. The Labute approximate surface area is 205 Å². The van der Waals surface area contributed by atoms with Crippen molar-refractivity contribution in [3.05, 3.63) is 59.7 Å². The lowest BCUT2D eigenvalue weighted by Crippen LogP contribution is -2.53. The van der Waals surface area contributed by atoms with Gasteiger partial charge in [-0.1, -0.05) is 55.5 Å². The fourth-order valence-electron chi connectivity index (χ4n) is 5.15. The number of hydrogen-bond donors (Lipinski definition) is 2. The van der Waals surface area contributed by atoms with E-state index in [9.17, 15) is 19.5 Å². The van der Waals surface area contributed by atoms with Crippen molar-refractivity contribution in [2.75, 3.05) is 40.3 Å². The van der Waals surface area contributed by atoms with Crippen LogP contribution in [0.4, 0.5) is 4.79 Å². The molecule has 35 heavy (non-hydrogen) atoms. The van der Waals surface area contributed by atoms with Crippen molar-refractivity contribution in [1.29, 1.82) is 0 Å². The number of carboxylic acids is 1. The summed E-state index contributed by atoms with van der Waals surface area (Å²) in [7, 11) is 3.63. The number of nitrogens with zero attached hydrogens (tertiary/aromatic N) is 2. The molecular weight excluding hydrogens is 446 g/mol. The summed E-state index contributed by atoms with van der Waals surface area (Å²) in [5, 5.41) is 12.4.